The van der Waals surface area contributed by atoms with Crippen LogP contribution in [0, 0.1) is 0 Å². The number of nitrogens with zero attached hydrogens (tertiary/aromatic N) is 2. The number of amides is 1. The van der Waals surface area contributed by atoms with Gasteiger partial charge < -0.3 is 4.57 Å². The molecule has 1 aromatic heterocycles. The molecule has 0 N–H and O–H groups in total. The van der Waals surface area contributed by atoms with Crippen LogP contribution in [0.5, 0.6) is 0 Å². The molecule has 0 aliphatic rings. The Morgan fingerprint density at radius 2 is 1.96 bits per heavy atom. The summed E-state index contributed by atoms with van der Waals surface area (Å²) in [5, 5.41) is 1.40. The van der Waals surface area contributed by atoms with Gasteiger partial charge in [0.1, 0.15) is 0 Å². The highest BCUT2D eigenvalue weighted by Crippen LogP contribution is 2.26. The monoisotopic (exact) mass is 384 g/mol. The molecule has 118 valence electrons. The summed E-state index contributed by atoms with van der Waals surface area (Å²) in [6, 6.07) is 10.4. The van der Waals surface area contributed by atoms with E-state index in [4.69, 9.17) is 34.8 Å². The van der Waals surface area contributed by atoms with Gasteiger partial charge in [-0.1, -0.05) is 52.2 Å². The van der Waals surface area contributed by atoms with Gasteiger partial charge in [-0.25, -0.2) is 0 Å². The molecule has 0 aliphatic heterocycles. The van der Waals surface area contributed by atoms with Crippen molar-refractivity contribution in [3.05, 3.63) is 61.8 Å². The lowest BCUT2D eigenvalue weighted by Crippen LogP contribution is -2.16. The van der Waals surface area contributed by atoms with Crippen molar-refractivity contribution in [2.24, 2.45) is 4.99 Å². The summed E-state index contributed by atoms with van der Waals surface area (Å²) >= 11 is 19.7. The minimum Gasteiger partial charge on any atom is -0.315 e. The Labute approximate surface area is 151 Å². The first-order valence-corrected chi connectivity index (χ1v) is 8.78. The largest absolute Gasteiger partial charge is 0.315 e. The highest BCUT2D eigenvalue weighted by molar-refractivity contribution is 7.16. The zero-order valence-electron chi connectivity index (χ0n) is 12.0. The molecule has 23 heavy (non-hydrogen) atoms. The van der Waals surface area contributed by atoms with E-state index >= 15 is 0 Å². The molecule has 0 aliphatic carbocycles. The van der Waals surface area contributed by atoms with E-state index in [1.807, 2.05) is 29.7 Å². The standard InChI is InChI=1S/C16H11Cl3N2OS/c1-2-21-14-12(19)4-3-5-13(14)23-16(21)20-15(22)10-8-9(17)6-7-11(10)18/h3-8H,2H2,1H3. The number of benzene rings is 2. The Hall–Kier alpha value is -1.33. The summed E-state index contributed by atoms with van der Waals surface area (Å²) < 4.78 is 2.89. The van der Waals surface area contributed by atoms with Gasteiger partial charge >= 0.3 is 0 Å². The third-order valence-electron chi connectivity index (χ3n) is 3.32. The van der Waals surface area contributed by atoms with E-state index in [1.165, 1.54) is 17.4 Å². The fourth-order valence-electron chi connectivity index (χ4n) is 2.27. The van der Waals surface area contributed by atoms with E-state index in [1.54, 1.807) is 12.1 Å². The summed E-state index contributed by atoms with van der Waals surface area (Å²) in [6.07, 6.45) is 0. The Morgan fingerprint density at radius 3 is 2.70 bits per heavy atom. The number of aryl methyl sites for hydroxylation is 1. The van der Waals surface area contributed by atoms with E-state index in [9.17, 15) is 4.79 Å². The molecule has 0 saturated carbocycles. The lowest BCUT2D eigenvalue weighted by Gasteiger charge is -2.02. The third-order valence-corrected chi connectivity index (χ3v) is 5.24. The van der Waals surface area contributed by atoms with Gasteiger partial charge in [0.2, 0.25) is 0 Å². The molecule has 0 fully saturated rings. The maximum absolute atomic E-state index is 12.5. The fourth-order valence-corrected chi connectivity index (χ4v) is 4.10. The number of rotatable bonds is 2. The Balaban J connectivity index is 2.19. The van der Waals surface area contributed by atoms with E-state index < -0.39 is 5.91 Å². The number of thiazole rings is 1. The lowest BCUT2D eigenvalue weighted by molar-refractivity contribution is 0.0998. The molecule has 1 heterocycles. The van der Waals surface area contributed by atoms with Gasteiger partial charge in [-0.3, -0.25) is 4.79 Å². The van der Waals surface area contributed by atoms with E-state index in [-0.39, 0.29) is 5.56 Å². The predicted octanol–water partition coefficient (Wildman–Crippen LogP) is 5.42. The topological polar surface area (TPSA) is 34.4 Å². The molecule has 0 spiro atoms. The van der Waals surface area contributed by atoms with Gasteiger partial charge in [-0.2, -0.15) is 4.99 Å². The number of carbonyl (C=O) groups excluding carboxylic acids is 1. The molecule has 0 atom stereocenters. The Morgan fingerprint density at radius 1 is 1.17 bits per heavy atom. The van der Waals surface area contributed by atoms with E-state index in [0.717, 1.165) is 10.2 Å². The zero-order valence-corrected chi connectivity index (χ0v) is 15.1. The Kier molecular flexibility index (Phi) is 4.78. The zero-order chi connectivity index (χ0) is 16.6. The third kappa shape index (κ3) is 3.17. The quantitative estimate of drug-likeness (QED) is 0.579. The molecule has 0 saturated heterocycles. The van der Waals surface area contributed by atoms with Crippen molar-refractivity contribution in [3.63, 3.8) is 0 Å². The number of fused-ring (bicyclic) bond motifs is 1. The molecule has 3 rings (SSSR count). The van der Waals surface area contributed by atoms with Crippen molar-refractivity contribution in [1.82, 2.24) is 4.57 Å². The molecule has 7 heteroatoms. The molecule has 0 unspecified atom stereocenters. The fraction of sp³-hybridized carbons (Fsp3) is 0.125. The first-order chi connectivity index (χ1) is 11.0. The minimum atomic E-state index is -0.428. The highest BCUT2D eigenvalue weighted by Gasteiger charge is 2.13. The maximum atomic E-state index is 12.5. The van der Waals surface area contributed by atoms with Crippen LogP contribution in [0.15, 0.2) is 41.4 Å². The van der Waals surface area contributed by atoms with Crippen molar-refractivity contribution in [1.29, 1.82) is 0 Å². The number of para-hydroxylation sites is 1. The van der Waals surface area contributed by atoms with Crippen molar-refractivity contribution in [2.45, 2.75) is 13.5 Å². The first kappa shape index (κ1) is 16.5. The normalized spacial score (nSPS) is 12.1. The number of halogens is 3. The van der Waals surface area contributed by atoms with Crippen molar-refractivity contribution in [2.75, 3.05) is 0 Å². The molecular weight excluding hydrogens is 375 g/mol. The highest BCUT2D eigenvalue weighted by atomic mass is 35.5. The smallest absolute Gasteiger partial charge is 0.281 e. The number of aromatic nitrogens is 1. The average Bonchev–Trinajstić information content (AvgIpc) is 2.88. The number of hydrogen-bond acceptors (Lipinski definition) is 2. The van der Waals surface area contributed by atoms with Crippen molar-refractivity contribution < 1.29 is 4.79 Å². The van der Waals surface area contributed by atoms with Gasteiger partial charge in [-0.05, 0) is 37.3 Å². The average molecular weight is 386 g/mol. The van der Waals surface area contributed by atoms with Crippen LogP contribution in [0.1, 0.15) is 17.3 Å². The lowest BCUT2D eigenvalue weighted by atomic mass is 10.2. The molecule has 0 bridgehead atoms. The number of hydrogen-bond donors (Lipinski definition) is 0. The first-order valence-electron chi connectivity index (χ1n) is 6.83. The molecule has 3 aromatic rings. The summed E-state index contributed by atoms with van der Waals surface area (Å²) in [5.41, 5.74) is 1.16. The van der Waals surface area contributed by atoms with Crippen LogP contribution in [-0.4, -0.2) is 10.5 Å². The molecule has 2 aromatic carbocycles. The van der Waals surface area contributed by atoms with Crippen LogP contribution in [0.3, 0.4) is 0 Å². The second-order valence-corrected chi connectivity index (χ2v) is 7.02. The maximum Gasteiger partial charge on any atom is 0.281 e. The second kappa shape index (κ2) is 6.65. The van der Waals surface area contributed by atoms with Crippen LogP contribution in [-0.2, 0) is 6.54 Å². The van der Waals surface area contributed by atoms with Gasteiger partial charge in [0.05, 0.1) is 25.8 Å². The molecule has 3 nitrogen and oxygen atoms in total. The van der Waals surface area contributed by atoms with Crippen molar-refractivity contribution in [3.8, 4) is 0 Å². The van der Waals surface area contributed by atoms with Crippen LogP contribution in [0.25, 0.3) is 10.2 Å². The summed E-state index contributed by atoms with van der Waals surface area (Å²) in [7, 11) is 0. The second-order valence-electron chi connectivity index (χ2n) is 4.76. The van der Waals surface area contributed by atoms with Crippen LogP contribution >= 0.6 is 46.1 Å². The SMILES string of the molecule is CCn1c(=NC(=O)c2cc(Cl)ccc2Cl)sc2cccc(Cl)c21. The molecule has 1 amide bonds. The van der Waals surface area contributed by atoms with Gasteiger partial charge in [-0.15, -0.1) is 0 Å². The summed E-state index contributed by atoms with van der Waals surface area (Å²) in [5.74, 6) is -0.428. The molecular formula is C16H11Cl3N2OS. The summed E-state index contributed by atoms with van der Waals surface area (Å²) in [6.45, 7) is 2.63. The summed E-state index contributed by atoms with van der Waals surface area (Å²) in [4.78, 5) is 17.3. The molecule has 0 radical (unpaired) electrons. The predicted molar refractivity (Wildman–Crippen MR) is 96.9 cm³/mol. The van der Waals surface area contributed by atoms with Crippen LogP contribution in [0.2, 0.25) is 15.1 Å². The van der Waals surface area contributed by atoms with Crippen LogP contribution in [0.4, 0.5) is 0 Å². The van der Waals surface area contributed by atoms with Gasteiger partial charge in [0.25, 0.3) is 5.91 Å². The Bertz CT molecular complexity index is 975. The van der Waals surface area contributed by atoms with Gasteiger partial charge in [0.15, 0.2) is 4.80 Å². The number of carbonyl (C=O) groups is 1. The van der Waals surface area contributed by atoms with Gasteiger partial charge in [0, 0.05) is 11.6 Å². The minimum absolute atomic E-state index is 0.283. The van der Waals surface area contributed by atoms with E-state index in [2.05, 4.69) is 4.99 Å². The van der Waals surface area contributed by atoms with Crippen LogP contribution < -0.4 is 4.80 Å². The van der Waals surface area contributed by atoms with E-state index in [0.29, 0.717) is 26.4 Å². The van der Waals surface area contributed by atoms with Crippen molar-refractivity contribution >= 4 is 62.3 Å².